The quantitative estimate of drug-likeness (QED) is 0.470. The maximum Gasteiger partial charge on any atom is 0.303 e. The Morgan fingerprint density at radius 1 is 1.29 bits per heavy atom. The average Bonchev–Trinajstić information content (AvgIpc) is 2.74. The van der Waals surface area contributed by atoms with Crippen molar-refractivity contribution in [1.29, 1.82) is 0 Å². The fourth-order valence-electron chi connectivity index (χ4n) is 3.83. The molecule has 0 aromatic carbocycles. The summed E-state index contributed by atoms with van der Waals surface area (Å²) in [7, 11) is 0. The highest BCUT2D eigenvalue weighted by Crippen LogP contribution is 2.56. The molecule has 4 unspecified atom stereocenters. The van der Waals surface area contributed by atoms with Crippen LogP contribution in [0.3, 0.4) is 0 Å². The van der Waals surface area contributed by atoms with Crippen molar-refractivity contribution in [3.8, 4) is 0 Å². The molecule has 0 aliphatic heterocycles. The van der Waals surface area contributed by atoms with E-state index in [1.165, 1.54) is 26.2 Å². The van der Waals surface area contributed by atoms with Crippen LogP contribution in [-0.4, -0.2) is 12.1 Å². The first-order valence-corrected chi connectivity index (χ1v) is 5.61. The molecule has 3 aliphatic rings. The topological polar surface area (TPSA) is 26.3 Å². The SMILES string of the molecule is CC(=O)O[C@H]1C=CC2C3CCC(C3)C21. The zero-order valence-electron chi connectivity index (χ0n) is 8.48. The van der Waals surface area contributed by atoms with Crippen LogP contribution in [0.2, 0.25) is 0 Å². The predicted molar refractivity (Wildman–Crippen MR) is 52.5 cm³/mol. The maximum atomic E-state index is 10.9. The van der Waals surface area contributed by atoms with Crippen LogP contribution in [0, 0.1) is 23.7 Å². The van der Waals surface area contributed by atoms with Gasteiger partial charge in [0, 0.05) is 12.8 Å². The minimum atomic E-state index is -0.136. The lowest BCUT2D eigenvalue weighted by molar-refractivity contribution is -0.147. The summed E-state index contributed by atoms with van der Waals surface area (Å²) in [6, 6.07) is 0. The Hall–Kier alpha value is -0.790. The first-order valence-electron chi connectivity index (χ1n) is 5.61. The number of allylic oxidation sites excluding steroid dienone is 1. The zero-order valence-corrected chi connectivity index (χ0v) is 8.48. The summed E-state index contributed by atoms with van der Waals surface area (Å²) in [5, 5.41) is 0. The van der Waals surface area contributed by atoms with Gasteiger partial charge in [-0.1, -0.05) is 6.08 Å². The molecule has 3 rings (SSSR count). The van der Waals surface area contributed by atoms with Gasteiger partial charge in [0.05, 0.1) is 0 Å². The molecular weight excluding hydrogens is 176 g/mol. The van der Waals surface area contributed by atoms with E-state index in [-0.39, 0.29) is 12.1 Å². The highest BCUT2D eigenvalue weighted by Gasteiger charge is 2.52. The lowest BCUT2D eigenvalue weighted by Gasteiger charge is -2.28. The fourth-order valence-corrected chi connectivity index (χ4v) is 3.83. The third kappa shape index (κ3) is 1.06. The molecule has 2 heteroatoms. The molecule has 0 aromatic rings. The molecule has 0 amide bonds. The summed E-state index contributed by atoms with van der Waals surface area (Å²) < 4.78 is 5.35. The van der Waals surface area contributed by atoms with E-state index in [1.807, 2.05) is 0 Å². The third-order valence-corrected chi connectivity index (χ3v) is 4.25. The first-order chi connectivity index (χ1) is 6.75. The van der Waals surface area contributed by atoms with Crippen molar-refractivity contribution in [2.45, 2.75) is 32.3 Å². The zero-order chi connectivity index (χ0) is 9.71. The van der Waals surface area contributed by atoms with Gasteiger partial charge in [0.25, 0.3) is 0 Å². The molecule has 0 saturated heterocycles. The molecule has 14 heavy (non-hydrogen) atoms. The van der Waals surface area contributed by atoms with Crippen molar-refractivity contribution >= 4 is 5.97 Å². The Bertz CT molecular complexity index is 295. The fraction of sp³-hybridized carbons (Fsp3) is 0.750. The van der Waals surface area contributed by atoms with E-state index in [2.05, 4.69) is 12.2 Å². The van der Waals surface area contributed by atoms with Crippen LogP contribution in [0.15, 0.2) is 12.2 Å². The molecule has 0 spiro atoms. The Balaban J connectivity index is 1.79. The Morgan fingerprint density at radius 3 is 2.86 bits per heavy atom. The normalized spacial score (nSPS) is 48.2. The van der Waals surface area contributed by atoms with Gasteiger partial charge in [0.15, 0.2) is 0 Å². The first kappa shape index (κ1) is 8.51. The molecule has 0 aromatic heterocycles. The molecule has 2 nitrogen and oxygen atoms in total. The van der Waals surface area contributed by atoms with Crippen molar-refractivity contribution < 1.29 is 9.53 Å². The van der Waals surface area contributed by atoms with Crippen LogP contribution in [0.1, 0.15) is 26.2 Å². The summed E-state index contributed by atoms with van der Waals surface area (Å²) in [5.41, 5.74) is 0. The molecule has 3 aliphatic carbocycles. The summed E-state index contributed by atoms with van der Waals surface area (Å²) in [6.45, 7) is 1.51. The van der Waals surface area contributed by atoms with Gasteiger partial charge in [0.2, 0.25) is 0 Å². The van der Waals surface area contributed by atoms with Crippen LogP contribution >= 0.6 is 0 Å². The second kappa shape index (κ2) is 2.85. The Morgan fingerprint density at radius 2 is 2.07 bits per heavy atom. The molecule has 2 saturated carbocycles. The standard InChI is InChI=1S/C12H16O2/c1-7(13)14-11-5-4-10-8-2-3-9(6-8)12(10)11/h4-5,8-12H,2-3,6H2,1H3/t8?,9?,10?,11-,12?/m0/s1. The molecule has 0 N–H and O–H groups in total. The largest absolute Gasteiger partial charge is 0.458 e. The van der Waals surface area contributed by atoms with Crippen LogP contribution in [0.25, 0.3) is 0 Å². The van der Waals surface area contributed by atoms with Crippen LogP contribution in [0.4, 0.5) is 0 Å². The van der Waals surface area contributed by atoms with E-state index in [0.717, 1.165) is 17.8 Å². The van der Waals surface area contributed by atoms with Crippen molar-refractivity contribution in [3.63, 3.8) is 0 Å². The average molecular weight is 192 g/mol. The molecule has 0 radical (unpaired) electrons. The van der Waals surface area contributed by atoms with Gasteiger partial charge in [-0.2, -0.15) is 0 Å². The Kier molecular flexibility index (Phi) is 1.73. The van der Waals surface area contributed by atoms with Gasteiger partial charge < -0.3 is 4.74 Å². The molecule has 76 valence electrons. The number of ether oxygens (including phenoxy) is 1. The number of carbonyl (C=O) groups is 1. The predicted octanol–water partition coefficient (Wildman–Crippen LogP) is 2.15. The highest BCUT2D eigenvalue weighted by atomic mass is 16.5. The minimum absolute atomic E-state index is 0.0906. The molecule has 2 fully saturated rings. The second-order valence-electron chi connectivity index (χ2n) is 4.95. The van der Waals surface area contributed by atoms with E-state index in [0.29, 0.717) is 5.92 Å². The molecule has 5 atom stereocenters. The summed E-state index contributed by atoms with van der Waals surface area (Å²) >= 11 is 0. The van der Waals surface area contributed by atoms with Crippen molar-refractivity contribution in [2.75, 3.05) is 0 Å². The van der Waals surface area contributed by atoms with Gasteiger partial charge in [-0.15, -0.1) is 0 Å². The molecule has 0 heterocycles. The number of carbonyl (C=O) groups excluding carboxylic acids is 1. The van der Waals surface area contributed by atoms with Crippen LogP contribution < -0.4 is 0 Å². The van der Waals surface area contributed by atoms with Crippen molar-refractivity contribution in [3.05, 3.63) is 12.2 Å². The molecular formula is C12H16O2. The summed E-state index contributed by atoms with van der Waals surface area (Å²) in [6.07, 6.45) is 8.61. The number of hydrogen-bond donors (Lipinski definition) is 0. The van der Waals surface area contributed by atoms with Crippen molar-refractivity contribution in [1.82, 2.24) is 0 Å². The summed E-state index contributed by atoms with van der Waals surface area (Å²) in [5.74, 6) is 2.92. The smallest absolute Gasteiger partial charge is 0.303 e. The molecule has 2 bridgehead atoms. The summed E-state index contributed by atoms with van der Waals surface area (Å²) in [4.78, 5) is 10.9. The van der Waals surface area contributed by atoms with E-state index >= 15 is 0 Å². The van der Waals surface area contributed by atoms with E-state index in [1.54, 1.807) is 0 Å². The monoisotopic (exact) mass is 192 g/mol. The van der Waals surface area contributed by atoms with E-state index < -0.39 is 0 Å². The van der Waals surface area contributed by atoms with Crippen LogP contribution in [0.5, 0.6) is 0 Å². The lowest BCUT2D eigenvalue weighted by atomic mass is 9.80. The minimum Gasteiger partial charge on any atom is -0.458 e. The van der Waals surface area contributed by atoms with Crippen LogP contribution in [-0.2, 0) is 9.53 Å². The van der Waals surface area contributed by atoms with E-state index in [4.69, 9.17) is 4.74 Å². The number of hydrogen-bond acceptors (Lipinski definition) is 2. The van der Waals surface area contributed by atoms with Gasteiger partial charge in [0.1, 0.15) is 6.10 Å². The number of esters is 1. The number of fused-ring (bicyclic) bond motifs is 5. The highest BCUT2D eigenvalue weighted by molar-refractivity contribution is 5.66. The third-order valence-electron chi connectivity index (χ3n) is 4.25. The van der Waals surface area contributed by atoms with E-state index in [9.17, 15) is 4.79 Å². The van der Waals surface area contributed by atoms with Crippen molar-refractivity contribution in [2.24, 2.45) is 23.7 Å². The van der Waals surface area contributed by atoms with Gasteiger partial charge in [-0.05, 0) is 43.1 Å². The van der Waals surface area contributed by atoms with Gasteiger partial charge >= 0.3 is 5.97 Å². The maximum absolute atomic E-state index is 10.9. The Labute approximate surface area is 84.3 Å². The van der Waals surface area contributed by atoms with Gasteiger partial charge in [-0.25, -0.2) is 0 Å². The number of rotatable bonds is 1. The lowest BCUT2D eigenvalue weighted by Crippen LogP contribution is -2.29. The van der Waals surface area contributed by atoms with Gasteiger partial charge in [-0.3, -0.25) is 4.79 Å². The second-order valence-corrected chi connectivity index (χ2v) is 4.95.